The van der Waals surface area contributed by atoms with Crippen molar-refractivity contribution in [1.82, 2.24) is 5.32 Å². The molecule has 0 aliphatic carbocycles. The van der Waals surface area contributed by atoms with Crippen LogP contribution in [0.25, 0.3) is 0 Å². The molecule has 0 aliphatic rings. The van der Waals surface area contributed by atoms with E-state index in [0.717, 1.165) is 16.6 Å². The normalized spacial score (nSPS) is 12.6. The van der Waals surface area contributed by atoms with Crippen molar-refractivity contribution in [2.24, 2.45) is 0 Å². The minimum atomic E-state index is -0.467. The molecule has 1 aromatic carbocycles. The molecular formula is C13H14BrNOS. The van der Waals surface area contributed by atoms with Crippen LogP contribution in [0.15, 0.2) is 45.6 Å². The highest BCUT2D eigenvalue weighted by Gasteiger charge is 2.06. The van der Waals surface area contributed by atoms with Crippen molar-refractivity contribution in [3.05, 3.63) is 56.7 Å². The molecule has 0 radical (unpaired) electrons. The Labute approximate surface area is 113 Å². The first-order chi connectivity index (χ1) is 8.25. The van der Waals surface area contributed by atoms with Crippen molar-refractivity contribution < 1.29 is 5.11 Å². The Kier molecular flexibility index (Phi) is 4.74. The van der Waals surface area contributed by atoms with Gasteiger partial charge in [0, 0.05) is 17.6 Å². The van der Waals surface area contributed by atoms with Crippen molar-refractivity contribution in [2.45, 2.75) is 12.6 Å². The van der Waals surface area contributed by atoms with Gasteiger partial charge in [-0.3, -0.25) is 0 Å². The molecule has 90 valence electrons. The molecule has 4 heteroatoms. The summed E-state index contributed by atoms with van der Waals surface area (Å²) in [6.45, 7) is 1.36. The maximum Gasteiger partial charge on any atom is 0.0914 e. The average molecular weight is 312 g/mol. The first kappa shape index (κ1) is 12.8. The van der Waals surface area contributed by atoms with Gasteiger partial charge < -0.3 is 10.4 Å². The second-order valence-electron chi connectivity index (χ2n) is 3.83. The average Bonchev–Trinajstić information content (AvgIpc) is 2.82. The molecule has 0 saturated carbocycles. The van der Waals surface area contributed by atoms with E-state index in [0.29, 0.717) is 6.54 Å². The molecule has 2 N–H and O–H groups in total. The molecule has 0 saturated heterocycles. The van der Waals surface area contributed by atoms with E-state index in [-0.39, 0.29) is 0 Å². The second-order valence-corrected chi connectivity index (χ2v) is 5.53. The maximum absolute atomic E-state index is 9.99. The number of hydrogen-bond acceptors (Lipinski definition) is 3. The number of nitrogens with one attached hydrogen (secondary N) is 1. The van der Waals surface area contributed by atoms with Crippen molar-refractivity contribution >= 4 is 27.3 Å². The molecule has 1 heterocycles. The van der Waals surface area contributed by atoms with Crippen molar-refractivity contribution in [3.8, 4) is 0 Å². The van der Waals surface area contributed by atoms with Gasteiger partial charge in [0.15, 0.2) is 0 Å². The van der Waals surface area contributed by atoms with Crippen molar-refractivity contribution in [1.29, 1.82) is 0 Å². The van der Waals surface area contributed by atoms with Crippen LogP contribution >= 0.6 is 27.3 Å². The topological polar surface area (TPSA) is 32.3 Å². The van der Waals surface area contributed by atoms with Crippen LogP contribution in [-0.4, -0.2) is 11.7 Å². The maximum atomic E-state index is 9.99. The number of rotatable bonds is 5. The quantitative estimate of drug-likeness (QED) is 0.887. The SMILES string of the molecule is OC(CNCc1ccsc1)c1cccc(Br)c1. The van der Waals surface area contributed by atoms with Crippen molar-refractivity contribution in [3.63, 3.8) is 0 Å². The van der Waals surface area contributed by atoms with E-state index in [9.17, 15) is 5.11 Å². The summed E-state index contributed by atoms with van der Waals surface area (Å²) in [5, 5.41) is 17.4. The minimum Gasteiger partial charge on any atom is -0.387 e. The number of aliphatic hydroxyl groups excluding tert-OH is 1. The van der Waals surface area contributed by atoms with Gasteiger partial charge in [-0.25, -0.2) is 0 Å². The van der Waals surface area contributed by atoms with Gasteiger partial charge in [0.2, 0.25) is 0 Å². The fourth-order valence-electron chi connectivity index (χ4n) is 1.58. The second kappa shape index (κ2) is 6.31. The van der Waals surface area contributed by atoms with Crippen LogP contribution in [0.2, 0.25) is 0 Å². The lowest BCUT2D eigenvalue weighted by Gasteiger charge is -2.12. The number of hydrogen-bond donors (Lipinski definition) is 2. The summed E-state index contributed by atoms with van der Waals surface area (Å²) in [5.74, 6) is 0. The van der Waals surface area contributed by atoms with Crippen LogP contribution in [0.5, 0.6) is 0 Å². The molecule has 17 heavy (non-hydrogen) atoms. The zero-order valence-electron chi connectivity index (χ0n) is 9.27. The van der Waals surface area contributed by atoms with Gasteiger partial charge in [0.1, 0.15) is 0 Å². The highest BCUT2D eigenvalue weighted by atomic mass is 79.9. The summed E-state index contributed by atoms with van der Waals surface area (Å²) in [7, 11) is 0. The van der Waals surface area contributed by atoms with Gasteiger partial charge in [-0.2, -0.15) is 11.3 Å². The Morgan fingerprint density at radius 3 is 2.94 bits per heavy atom. The fourth-order valence-corrected chi connectivity index (χ4v) is 2.66. The third-order valence-corrected chi connectivity index (χ3v) is 3.71. The van der Waals surface area contributed by atoms with Crippen LogP contribution in [0.4, 0.5) is 0 Å². The lowest BCUT2D eigenvalue weighted by molar-refractivity contribution is 0.174. The molecule has 2 rings (SSSR count). The molecule has 0 aliphatic heterocycles. The summed E-state index contributed by atoms with van der Waals surface area (Å²) in [5.41, 5.74) is 2.19. The molecule has 0 bridgehead atoms. The van der Waals surface area contributed by atoms with Crippen LogP contribution < -0.4 is 5.32 Å². The Morgan fingerprint density at radius 2 is 2.24 bits per heavy atom. The highest BCUT2D eigenvalue weighted by molar-refractivity contribution is 9.10. The highest BCUT2D eigenvalue weighted by Crippen LogP contribution is 2.17. The van der Waals surface area contributed by atoms with Crippen molar-refractivity contribution in [2.75, 3.05) is 6.54 Å². The zero-order chi connectivity index (χ0) is 12.1. The van der Waals surface area contributed by atoms with E-state index in [1.165, 1.54) is 5.56 Å². The standard InChI is InChI=1S/C13H14BrNOS/c14-12-3-1-2-11(6-12)13(16)8-15-7-10-4-5-17-9-10/h1-6,9,13,15-16H,7-8H2. The number of thiophene rings is 1. The van der Waals surface area contributed by atoms with Gasteiger partial charge in [0.25, 0.3) is 0 Å². The van der Waals surface area contributed by atoms with E-state index in [2.05, 4.69) is 38.1 Å². The number of aliphatic hydroxyl groups is 1. The Hall–Kier alpha value is -0.680. The third-order valence-electron chi connectivity index (χ3n) is 2.48. The minimum absolute atomic E-state index is 0.467. The number of halogens is 1. The monoisotopic (exact) mass is 311 g/mol. The molecular weight excluding hydrogens is 298 g/mol. The van der Waals surface area contributed by atoms with Crippen LogP contribution in [0.3, 0.4) is 0 Å². The van der Waals surface area contributed by atoms with Crippen LogP contribution in [0, 0.1) is 0 Å². The molecule has 2 aromatic rings. The van der Waals surface area contributed by atoms with E-state index >= 15 is 0 Å². The van der Waals surface area contributed by atoms with Gasteiger partial charge in [-0.15, -0.1) is 0 Å². The molecule has 0 fully saturated rings. The van der Waals surface area contributed by atoms with E-state index in [1.807, 2.05) is 24.3 Å². The molecule has 0 amide bonds. The molecule has 0 spiro atoms. The van der Waals surface area contributed by atoms with Gasteiger partial charge in [0.05, 0.1) is 6.10 Å². The molecule has 1 unspecified atom stereocenters. The van der Waals surface area contributed by atoms with Gasteiger partial charge in [-0.1, -0.05) is 28.1 Å². The summed E-state index contributed by atoms with van der Waals surface area (Å²) >= 11 is 5.09. The Bertz CT molecular complexity index is 458. The number of benzene rings is 1. The lowest BCUT2D eigenvalue weighted by Crippen LogP contribution is -2.20. The first-order valence-electron chi connectivity index (χ1n) is 5.41. The van der Waals surface area contributed by atoms with Crippen LogP contribution in [0.1, 0.15) is 17.2 Å². The molecule has 1 atom stereocenters. The molecule has 1 aromatic heterocycles. The van der Waals surface area contributed by atoms with Crippen LogP contribution in [-0.2, 0) is 6.54 Å². The summed E-state index contributed by atoms with van der Waals surface area (Å²) in [6, 6.07) is 9.85. The van der Waals surface area contributed by atoms with E-state index in [4.69, 9.17) is 0 Å². The van der Waals surface area contributed by atoms with E-state index < -0.39 is 6.10 Å². The Balaban J connectivity index is 1.83. The fraction of sp³-hybridized carbons (Fsp3) is 0.231. The lowest BCUT2D eigenvalue weighted by atomic mass is 10.1. The van der Waals surface area contributed by atoms with E-state index in [1.54, 1.807) is 11.3 Å². The zero-order valence-corrected chi connectivity index (χ0v) is 11.7. The van der Waals surface area contributed by atoms with Gasteiger partial charge >= 0.3 is 0 Å². The molecule has 2 nitrogen and oxygen atoms in total. The largest absolute Gasteiger partial charge is 0.387 e. The van der Waals surface area contributed by atoms with Gasteiger partial charge in [-0.05, 0) is 40.1 Å². The Morgan fingerprint density at radius 1 is 1.35 bits per heavy atom. The first-order valence-corrected chi connectivity index (χ1v) is 7.14. The smallest absolute Gasteiger partial charge is 0.0914 e. The third kappa shape index (κ3) is 3.92. The summed E-state index contributed by atoms with van der Waals surface area (Å²) in [4.78, 5) is 0. The predicted octanol–water partition coefficient (Wildman–Crippen LogP) is 3.33. The summed E-state index contributed by atoms with van der Waals surface area (Å²) in [6.07, 6.45) is -0.467. The predicted molar refractivity (Wildman–Crippen MR) is 75.1 cm³/mol. The summed E-state index contributed by atoms with van der Waals surface area (Å²) < 4.78 is 0.992.